The second kappa shape index (κ2) is 5.24. The van der Waals surface area contributed by atoms with Gasteiger partial charge in [0.1, 0.15) is 5.82 Å². The number of nitrogens with one attached hydrogen (secondary N) is 2. The molecule has 1 aliphatic rings. The van der Waals surface area contributed by atoms with Crippen LogP contribution in [0.2, 0.25) is 0 Å². The van der Waals surface area contributed by atoms with Gasteiger partial charge in [-0.3, -0.25) is 0 Å². The van der Waals surface area contributed by atoms with Crippen LogP contribution in [0, 0.1) is 11.7 Å². The molecule has 0 radical (unpaired) electrons. The topological polar surface area (TPSA) is 24.1 Å². The molecule has 1 fully saturated rings. The molecular weight excluding hydrogens is 191 g/mol. The zero-order valence-electron chi connectivity index (χ0n) is 8.80. The summed E-state index contributed by atoms with van der Waals surface area (Å²) in [7, 11) is 0. The number of rotatable bonds is 4. The fraction of sp³-hybridized carbons (Fsp3) is 0.500. The molecule has 1 unspecified atom stereocenters. The van der Waals surface area contributed by atoms with Gasteiger partial charge in [0.25, 0.3) is 0 Å². The van der Waals surface area contributed by atoms with Crippen LogP contribution in [0.25, 0.3) is 0 Å². The van der Waals surface area contributed by atoms with Gasteiger partial charge in [0, 0.05) is 6.54 Å². The van der Waals surface area contributed by atoms with Crippen molar-refractivity contribution in [1.82, 2.24) is 10.6 Å². The minimum Gasteiger partial charge on any atom is -0.316 e. The zero-order chi connectivity index (χ0) is 10.5. The van der Waals surface area contributed by atoms with E-state index in [1.165, 1.54) is 18.6 Å². The molecule has 15 heavy (non-hydrogen) atoms. The lowest BCUT2D eigenvalue weighted by atomic mass is 10.1. The van der Waals surface area contributed by atoms with Crippen molar-refractivity contribution in [2.24, 2.45) is 5.92 Å². The molecule has 1 aliphatic heterocycles. The molecular formula is C12H17FN2. The Morgan fingerprint density at radius 2 is 2.13 bits per heavy atom. The first-order chi connectivity index (χ1) is 7.34. The van der Waals surface area contributed by atoms with Crippen LogP contribution in [0.1, 0.15) is 12.0 Å². The maximum Gasteiger partial charge on any atom is 0.123 e. The van der Waals surface area contributed by atoms with Gasteiger partial charge >= 0.3 is 0 Å². The summed E-state index contributed by atoms with van der Waals surface area (Å²) in [5.41, 5.74) is 1.14. The van der Waals surface area contributed by atoms with Crippen LogP contribution in [-0.2, 0) is 6.54 Å². The van der Waals surface area contributed by atoms with Crippen molar-refractivity contribution in [2.45, 2.75) is 13.0 Å². The van der Waals surface area contributed by atoms with Crippen molar-refractivity contribution in [3.05, 3.63) is 35.6 Å². The molecule has 1 atom stereocenters. The Balaban J connectivity index is 1.71. The molecule has 1 aromatic rings. The molecule has 0 bridgehead atoms. The van der Waals surface area contributed by atoms with Gasteiger partial charge in [-0.1, -0.05) is 12.1 Å². The fourth-order valence-electron chi connectivity index (χ4n) is 1.91. The van der Waals surface area contributed by atoms with Crippen LogP contribution < -0.4 is 10.6 Å². The molecule has 1 heterocycles. The maximum absolute atomic E-state index is 12.6. The SMILES string of the molecule is Fc1ccc(CNCC2CCNC2)cc1. The number of benzene rings is 1. The van der Waals surface area contributed by atoms with Crippen molar-refractivity contribution in [2.75, 3.05) is 19.6 Å². The third-order valence-corrected chi connectivity index (χ3v) is 2.84. The lowest BCUT2D eigenvalue weighted by Crippen LogP contribution is -2.23. The van der Waals surface area contributed by atoms with E-state index < -0.39 is 0 Å². The van der Waals surface area contributed by atoms with E-state index in [4.69, 9.17) is 0 Å². The van der Waals surface area contributed by atoms with Gasteiger partial charge in [0.2, 0.25) is 0 Å². The normalized spacial score (nSPS) is 20.7. The van der Waals surface area contributed by atoms with E-state index in [-0.39, 0.29) is 5.82 Å². The predicted molar refractivity (Wildman–Crippen MR) is 59.1 cm³/mol. The van der Waals surface area contributed by atoms with Crippen molar-refractivity contribution >= 4 is 0 Å². The monoisotopic (exact) mass is 208 g/mol. The molecule has 2 nitrogen and oxygen atoms in total. The zero-order valence-corrected chi connectivity index (χ0v) is 8.80. The molecule has 0 spiro atoms. The summed E-state index contributed by atoms with van der Waals surface area (Å²) in [5.74, 6) is 0.587. The summed E-state index contributed by atoms with van der Waals surface area (Å²) in [6.07, 6.45) is 1.26. The van der Waals surface area contributed by atoms with E-state index in [1.807, 2.05) is 12.1 Å². The van der Waals surface area contributed by atoms with E-state index >= 15 is 0 Å². The van der Waals surface area contributed by atoms with Crippen molar-refractivity contribution < 1.29 is 4.39 Å². The second-order valence-corrected chi connectivity index (χ2v) is 4.12. The molecule has 2 rings (SSSR count). The highest BCUT2D eigenvalue weighted by atomic mass is 19.1. The Morgan fingerprint density at radius 1 is 1.33 bits per heavy atom. The van der Waals surface area contributed by atoms with Gasteiger partial charge in [-0.25, -0.2) is 4.39 Å². The first-order valence-electron chi connectivity index (χ1n) is 5.50. The first kappa shape index (κ1) is 10.6. The quantitative estimate of drug-likeness (QED) is 0.784. The summed E-state index contributed by atoms with van der Waals surface area (Å²) < 4.78 is 12.6. The number of halogens is 1. The van der Waals surface area contributed by atoms with E-state index in [0.717, 1.165) is 37.7 Å². The molecule has 3 heteroatoms. The maximum atomic E-state index is 12.6. The van der Waals surface area contributed by atoms with Crippen molar-refractivity contribution in [1.29, 1.82) is 0 Å². The van der Waals surface area contributed by atoms with Crippen LogP contribution in [0.15, 0.2) is 24.3 Å². The van der Waals surface area contributed by atoms with Crippen molar-refractivity contribution in [3.8, 4) is 0 Å². The van der Waals surface area contributed by atoms with Crippen LogP contribution in [-0.4, -0.2) is 19.6 Å². The van der Waals surface area contributed by atoms with Gasteiger partial charge in [0.05, 0.1) is 0 Å². The summed E-state index contributed by atoms with van der Waals surface area (Å²) in [5, 5.41) is 6.74. The molecule has 1 saturated heterocycles. The number of hydrogen-bond acceptors (Lipinski definition) is 2. The average Bonchev–Trinajstić information content (AvgIpc) is 2.74. The third kappa shape index (κ3) is 3.29. The average molecular weight is 208 g/mol. The largest absolute Gasteiger partial charge is 0.316 e. The lowest BCUT2D eigenvalue weighted by molar-refractivity contribution is 0.512. The van der Waals surface area contributed by atoms with E-state index in [2.05, 4.69) is 10.6 Å². The fourth-order valence-corrected chi connectivity index (χ4v) is 1.91. The standard InChI is InChI=1S/C12H17FN2/c13-12-3-1-10(2-4-12)7-15-9-11-5-6-14-8-11/h1-4,11,14-15H,5-9H2. The first-order valence-corrected chi connectivity index (χ1v) is 5.50. The smallest absolute Gasteiger partial charge is 0.123 e. The van der Waals surface area contributed by atoms with Crippen molar-refractivity contribution in [3.63, 3.8) is 0 Å². The predicted octanol–water partition coefficient (Wildman–Crippen LogP) is 1.52. The molecule has 82 valence electrons. The Kier molecular flexibility index (Phi) is 3.69. The minimum absolute atomic E-state index is 0.168. The van der Waals surface area contributed by atoms with Gasteiger partial charge in [-0.15, -0.1) is 0 Å². The highest BCUT2D eigenvalue weighted by Crippen LogP contribution is 2.06. The van der Waals surface area contributed by atoms with Gasteiger partial charge in [-0.05, 0) is 49.7 Å². The Hall–Kier alpha value is -0.930. The molecule has 1 aromatic carbocycles. The molecule has 0 aromatic heterocycles. The van der Waals surface area contributed by atoms with Gasteiger partial charge < -0.3 is 10.6 Å². The highest BCUT2D eigenvalue weighted by molar-refractivity contribution is 5.15. The van der Waals surface area contributed by atoms with E-state index in [0.29, 0.717) is 0 Å². The summed E-state index contributed by atoms with van der Waals surface area (Å²) in [4.78, 5) is 0. The van der Waals surface area contributed by atoms with Gasteiger partial charge in [-0.2, -0.15) is 0 Å². The molecule has 0 aliphatic carbocycles. The number of hydrogen-bond donors (Lipinski definition) is 2. The van der Waals surface area contributed by atoms with Crippen LogP contribution >= 0.6 is 0 Å². The van der Waals surface area contributed by atoms with Gasteiger partial charge in [0.15, 0.2) is 0 Å². The summed E-state index contributed by atoms with van der Waals surface area (Å²) >= 11 is 0. The highest BCUT2D eigenvalue weighted by Gasteiger charge is 2.13. The van der Waals surface area contributed by atoms with E-state index in [1.54, 1.807) is 0 Å². The molecule has 0 amide bonds. The molecule has 2 N–H and O–H groups in total. The Morgan fingerprint density at radius 3 is 2.80 bits per heavy atom. The van der Waals surface area contributed by atoms with Crippen LogP contribution in [0.3, 0.4) is 0 Å². The Bertz CT molecular complexity index is 291. The summed E-state index contributed by atoms with van der Waals surface area (Å²) in [6, 6.07) is 6.67. The molecule has 0 saturated carbocycles. The Labute approximate surface area is 89.9 Å². The van der Waals surface area contributed by atoms with Crippen LogP contribution in [0.4, 0.5) is 4.39 Å². The van der Waals surface area contributed by atoms with Crippen LogP contribution in [0.5, 0.6) is 0 Å². The second-order valence-electron chi connectivity index (χ2n) is 4.12. The van der Waals surface area contributed by atoms with E-state index in [9.17, 15) is 4.39 Å². The lowest BCUT2D eigenvalue weighted by Gasteiger charge is -2.09. The third-order valence-electron chi connectivity index (χ3n) is 2.84. The summed E-state index contributed by atoms with van der Waals surface area (Å²) in [6.45, 7) is 4.14. The minimum atomic E-state index is -0.168.